The fraction of sp³-hybridized carbons (Fsp3) is 0.0820. The lowest BCUT2D eigenvalue weighted by molar-refractivity contribution is 0.668. The summed E-state index contributed by atoms with van der Waals surface area (Å²) in [5, 5.41) is 16.0. The molecule has 67 heavy (non-hydrogen) atoms. The zero-order valence-electron chi connectivity index (χ0n) is 36.4. The smallest absolute Gasteiger partial charge is 0.230 e. The van der Waals surface area contributed by atoms with Gasteiger partial charge in [0, 0.05) is 32.7 Å². The number of benzene rings is 9. The molecule has 13 rings (SSSR count). The largest absolute Gasteiger partial charge is 0.454 e. The van der Waals surface area contributed by atoms with Gasteiger partial charge in [-0.3, -0.25) is 0 Å². The first-order chi connectivity index (χ1) is 33.2. The number of hydrogen-bond donors (Lipinski definition) is 0. The van der Waals surface area contributed by atoms with Gasteiger partial charge in [-0.1, -0.05) is 158 Å². The summed E-state index contributed by atoms with van der Waals surface area (Å²) in [6.07, 6.45) is 2.89. The fourth-order valence-electron chi connectivity index (χ4n) is 11.4. The van der Waals surface area contributed by atoms with Crippen molar-refractivity contribution in [2.75, 3.05) is 9.80 Å². The van der Waals surface area contributed by atoms with Crippen molar-refractivity contribution in [2.45, 2.75) is 31.1 Å². The lowest BCUT2D eigenvalue weighted by Gasteiger charge is -2.37. The summed E-state index contributed by atoms with van der Waals surface area (Å²) in [6.45, 7) is 9.33. The third kappa shape index (κ3) is 5.87. The molecule has 9 aromatic carbocycles. The first-order valence-electron chi connectivity index (χ1n) is 22.9. The van der Waals surface area contributed by atoms with Crippen molar-refractivity contribution in [2.24, 2.45) is 0 Å². The third-order valence-electron chi connectivity index (χ3n) is 14.1. The number of para-hydroxylation sites is 6. The molecule has 1 saturated carbocycles. The predicted octanol–water partition coefficient (Wildman–Crippen LogP) is 17.5. The van der Waals surface area contributed by atoms with Crippen LogP contribution in [-0.4, -0.2) is 0 Å². The highest BCUT2D eigenvalue weighted by Crippen LogP contribution is 2.66. The van der Waals surface area contributed by atoms with E-state index in [1.165, 1.54) is 0 Å². The van der Waals surface area contributed by atoms with Gasteiger partial charge < -0.3 is 18.6 Å². The molecule has 6 heteroatoms. The molecule has 316 valence electrons. The first kappa shape index (κ1) is 38.6. The molecule has 2 heterocycles. The van der Waals surface area contributed by atoms with Gasteiger partial charge in [0.05, 0.1) is 52.3 Å². The molecule has 0 saturated heterocycles. The van der Waals surface area contributed by atoms with Crippen LogP contribution in [0.4, 0.5) is 39.8 Å². The van der Waals surface area contributed by atoms with Gasteiger partial charge in [0.15, 0.2) is 11.2 Å². The van der Waals surface area contributed by atoms with E-state index in [0.717, 1.165) is 131 Å². The lowest BCUT2D eigenvalue weighted by Crippen LogP contribution is -2.21. The van der Waals surface area contributed by atoms with Crippen LogP contribution in [0.5, 0.6) is 0 Å². The molecule has 2 atom stereocenters. The predicted molar refractivity (Wildman–Crippen MR) is 272 cm³/mol. The Hall–Kier alpha value is -8.84. The van der Waals surface area contributed by atoms with Gasteiger partial charge >= 0.3 is 0 Å². The van der Waals surface area contributed by atoms with E-state index in [-0.39, 0.29) is 11.8 Å². The summed E-state index contributed by atoms with van der Waals surface area (Å²) < 4.78 is 13.7. The Morgan fingerprint density at radius 1 is 0.463 bits per heavy atom. The first-order valence-corrected chi connectivity index (χ1v) is 22.9. The van der Waals surface area contributed by atoms with Crippen LogP contribution in [0.25, 0.3) is 71.0 Å². The van der Waals surface area contributed by atoms with E-state index in [9.17, 15) is 11.8 Å². The highest BCUT2D eigenvalue weighted by Gasteiger charge is 2.46. The van der Waals surface area contributed by atoms with Crippen molar-refractivity contribution in [3.63, 3.8) is 0 Å². The maximum atomic E-state index is 12.0. The van der Waals surface area contributed by atoms with Gasteiger partial charge in [0.25, 0.3) is 0 Å². The van der Waals surface area contributed by atoms with E-state index in [1.807, 2.05) is 48.5 Å². The lowest BCUT2D eigenvalue weighted by atomic mass is 9.84. The van der Waals surface area contributed by atoms with E-state index in [4.69, 9.17) is 8.83 Å². The topological polar surface area (TPSA) is 60.9 Å². The minimum atomic E-state index is 0.148. The van der Waals surface area contributed by atoms with Crippen molar-refractivity contribution in [1.29, 1.82) is 5.26 Å². The monoisotopic (exact) mass is 860 g/mol. The standard InChI is InChI=1S/C61H40N4O2/c1-63-57-48(37-62)58(64(49-28-12-8-22-42(49)38-18-4-2-5-19-38)51-30-16-26-46-44-24-10-14-32-53(44)66-60(46)51)55-40-34-35-41(36-40)56(55)59(57)65(50-29-13-9-23-43(50)39-20-6-3-7-21-39)52-31-17-27-47-45-25-11-15-33-54(45)67-61(47)52/h2-33,40-41H,34-36H2. The zero-order valence-corrected chi connectivity index (χ0v) is 36.4. The second-order valence-corrected chi connectivity index (χ2v) is 17.6. The molecule has 0 amide bonds. The molecule has 2 aromatic heterocycles. The van der Waals surface area contributed by atoms with E-state index < -0.39 is 0 Å². The van der Waals surface area contributed by atoms with E-state index in [2.05, 4.69) is 166 Å². The van der Waals surface area contributed by atoms with Crippen LogP contribution in [-0.2, 0) is 0 Å². The molecular formula is C61H40N4O2. The maximum absolute atomic E-state index is 12.0. The van der Waals surface area contributed by atoms with Crippen molar-refractivity contribution < 1.29 is 8.83 Å². The molecule has 0 spiro atoms. The quantitative estimate of drug-likeness (QED) is 0.142. The van der Waals surface area contributed by atoms with Crippen LogP contribution in [0.2, 0.25) is 0 Å². The molecule has 0 aliphatic heterocycles. The van der Waals surface area contributed by atoms with Crippen LogP contribution < -0.4 is 9.80 Å². The average Bonchev–Trinajstić information content (AvgIpc) is 4.20. The number of anilines is 6. The van der Waals surface area contributed by atoms with Crippen LogP contribution in [0.15, 0.2) is 203 Å². The number of rotatable bonds is 8. The molecular weight excluding hydrogens is 821 g/mol. The summed E-state index contributed by atoms with van der Waals surface area (Å²) >= 11 is 0. The normalized spacial score (nSPS) is 15.0. The molecule has 2 aliphatic carbocycles. The highest BCUT2D eigenvalue weighted by molar-refractivity contribution is 6.14. The SMILES string of the molecule is [C-]#[N+]c1c(C#N)c(N(c2ccccc2-c2ccccc2)c2cccc3c2oc2ccccc23)c2c(c1N(c1ccccc1-c1ccccc1)c1cccc3c1oc1ccccc13)C1CCC2C1. The van der Waals surface area contributed by atoms with Gasteiger partial charge in [-0.25, -0.2) is 4.85 Å². The average molecular weight is 861 g/mol. The van der Waals surface area contributed by atoms with Gasteiger partial charge in [0.2, 0.25) is 5.69 Å². The Morgan fingerprint density at radius 3 is 1.39 bits per heavy atom. The Labute approximate surface area is 387 Å². The molecule has 1 fully saturated rings. The van der Waals surface area contributed by atoms with E-state index in [0.29, 0.717) is 11.3 Å². The molecule has 11 aromatic rings. The number of furan rings is 2. The summed E-state index contributed by atoms with van der Waals surface area (Å²) in [4.78, 5) is 9.03. The van der Waals surface area contributed by atoms with Gasteiger partial charge in [-0.15, -0.1) is 0 Å². The Morgan fingerprint density at radius 2 is 0.881 bits per heavy atom. The Bertz CT molecular complexity index is 3600. The van der Waals surface area contributed by atoms with Crippen LogP contribution in [0, 0.1) is 17.9 Å². The minimum Gasteiger partial charge on any atom is -0.454 e. The van der Waals surface area contributed by atoms with Crippen molar-refractivity contribution in [3.05, 3.63) is 222 Å². The van der Waals surface area contributed by atoms with Crippen LogP contribution in [0.1, 0.15) is 47.8 Å². The Kier molecular flexibility index (Phi) is 8.88. The molecule has 0 radical (unpaired) electrons. The number of nitrogens with zero attached hydrogens (tertiary/aromatic N) is 4. The molecule has 6 nitrogen and oxygen atoms in total. The summed E-state index contributed by atoms with van der Waals surface area (Å²) in [5.74, 6) is 0.298. The van der Waals surface area contributed by atoms with E-state index in [1.54, 1.807) is 0 Å². The fourth-order valence-corrected chi connectivity index (χ4v) is 11.4. The molecule has 2 aliphatic rings. The third-order valence-corrected chi connectivity index (χ3v) is 14.1. The van der Waals surface area contributed by atoms with Crippen LogP contribution >= 0.6 is 0 Å². The minimum absolute atomic E-state index is 0.148. The zero-order chi connectivity index (χ0) is 44.6. The maximum Gasteiger partial charge on any atom is 0.230 e. The molecule has 0 N–H and O–H groups in total. The van der Waals surface area contributed by atoms with E-state index >= 15 is 0 Å². The van der Waals surface area contributed by atoms with Crippen molar-refractivity contribution in [3.8, 4) is 28.3 Å². The van der Waals surface area contributed by atoms with Crippen molar-refractivity contribution >= 4 is 83.7 Å². The number of nitriles is 1. The van der Waals surface area contributed by atoms with Gasteiger partial charge in [0.1, 0.15) is 11.2 Å². The van der Waals surface area contributed by atoms with Gasteiger partial charge in [-0.2, -0.15) is 5.26 Å². The molecule has 2 bridgehead atoms. The Balaban J connectivity index is 1.18. The van der Waals surface area contributed by atoms with Gasteiger partial charge in [-0.05, 0) is 89.8 Å². The summed E-state index contributed by atoms with van der Waals surface area (Å²) in [5.41, 5.74) is 14.9. The highest BCUT2D eigenvalue weighted by atomic mass is 16.3. The summed E-state index contributed by atoms with van der Waals surface area (Å²) in [6, 6.07) is 69.3. The number of hydrogen-bond acceptors (Lipinski definition) is 5. The molecule has 2 unspecified atom stereocenters. The van der Waals surface area contributed by atoms with Crippen LogP contribution in [0.3, 0.4) is 0 Å². The number of fused-ring (bicyclic) bond motifs is 11. The summed E-state index contributed by atoms with van der Waals surface area (Å²) in [7, 11) is 0. The van der Waals surface area contributed by atoms with Crippen molar-refractivity contribution in [1.82, 2.24) is 0 Å². The second kappa shape index (κ2) is 15.4. The second-order valence-electron chi connectivity index (χ2n) is 17.6.